The van der Waals surface area contributed by atoms with Gasteiger partial charge in [0, 0.05) is 0 Å². The Morgan fingerprint density at radius 2 is 0.923 bits per heavy atom. The first-order chi connectivity index (χ1) is 11.6. The third-order valence-corrected chi connectivity index (χ3v) is 4.62. The normalized spacial score (nSPS) is 10.4. The molecule has 0 aliphatic carbocycles. The Hall–Kier alpha value is -1.81. The van der Waals surface area contributed by atoms with E-state index in [-0.39, 0.29) is 49.2 Å². The van der Waals surface area contributed by atoms with Gasteiger partial charge in [-0.05, 0) is 46.5 Å². The number of aryl methyl sites for hydroxylation is 2. The average Bonchev–Trinajstić information content (AvgIpc) is 2.58. The van der Waals surface area contributed by atoms with Gasteiger partial charge >= 0.3 is 37.7 Å². The van der Waals surface area contributed by atoms with Gasteiger partial charge in [0.05, 0.1) is 0 Å². The predicted octanol–water partition coefficient (Wildman–Crippen LogP) is -1.57. The fourth-order valence-electron chi connectivity index (χ4n) is 3.43. The summed E-state index contributed by atoms with van der Waals surface area (Å²) in [6, 6.07) is 19.3. The third-order valence-electron chi connectivity index (χ3n) is 4.62. The quantitative estimate of drug-likeness (QED) is 0.397. The molecule has 4 aromatic rings. The van der Waals surface area contributed by atoms with Crippen molar-refractivity contribution in [2.75, 3.05) is 0 Å². The van der Waals surface area contributed by atoms with Crippen molar-refractivity contribution in [2.45, 2.75) is 13.8 Å². The van der Waals surface area contributed by atoms with E-state index >= 15 is 0 Å². The second-order valence-electron chi connectivity index (χ2n) is 6.24. The molecule has 4 rings (SSSR count). The molecule has 0 atom stereocenters. The summed E-state index contributed by atoms with van der Waals surface area (Å²) in [6.07, 6.45) is 0. The van der Waals surface area contributed by atoms with E-state index in [1.54, 1.807) is 13.8 Å². The first-order valence-electron chi connectivity index (χ1n) is 7.97. The summed E-state index contributed by atoms with van der Waals surface area (Å²) in [7, 11) is 0. The summed E-state index contributed by atoms with van der Waals surface area (Å²) in [5.74, 6) is -0.136. The second kappa shape index (κ2) is 7.83. The van der Waals surface area contributed by atoms with Gasteiger partial charge in [0.15, 0.2) is 0 Å². The zero-order chi connectivity index (χ0) is 16.8. The van der Waals surface area contributed by atoms with Crippen molar-refractivity contribution in [3.05, 3.63) is 71.8 Å². The van der Waals surface area contributed by atoms with Gasteiger partial charge < -0.3 is 10.2 Å². The Morgan fingerprint density at radius 1 is 0.577 bits per heavy atom. The molecule has 0 saturated heterocycles. The molecular formula is C22H16Li2O2. The van der Waals surface area contributed by atoms with Crippen molar-refractivity contribution >= 4 is 21.5 Å². The van der Waals surface area contributed by atoms with Gasteiger partial charge in [-0.2, -0.15) is 0 Å². The van der Waals surface area contributed by atoms with E-state index in [4.69, 9.17) is 0 Å². The van der Waals surface area contributed by atoms with Crippen molar-refractivity contribution in [3.8, 4) is 22.6 Å². The standard InChI is InChI=1S/C22H18O2.2Li/c1-13-11-15-7-3-5-9-17(15)19(21(13)23)20-18-10-6-4-8-16(18)12-14(2)22(20)24;;/h3-12,23-24H,1-2H3;;/q;2*+1/p-2. The second-order valence-corrected chi connectivity index (χ2v) is 6.24. The fourth-order valence-corrected chi connectivity index (χ4v) is 3.43. The number of hydrogen-bond acceptors (Lipinski definition) is 2. The predicted molar refractivity (Wildman–Crippen MR) is 95.3 cm³/mol. The maximum atomic E-state index is 13.0. The first kappa shape index (κ1) is 20.5. The van der Waals surface area contributed by atoms with Crippen LogP contribution in [-0.4, -0.2) is 0 Å². The molecule has 0 N–H and O–H groups in total. The van der Waals surface area contributed by atoms with Crippen LogP contribution in [0.15, 0.2) is 60.7 Å². The van der Waals surface area contributed by atoms with Crippen LogP contribution in [0.4, 0.5) is 0 Å². The van der Waals surface area contributed by atoms with E-state index in [0.717, 1.165) is 21.5 Å². The molecule has 0 aliphatic heterocycles. The Balaban J connectivity index is 0.00000121. The molecule has 4 heteroatoms. The molecule has 4 aromatic carbocycles. The molecule has 0 aliphatic rings. The molecule has 0 radical (unpaired) electrons. The monoisotopic (exact) mass is 326 g/mol. The fraction of sp³-hybridized carbons (Fsp3) is 0.0909. The van der Waals surface area contributed by atoms with Crippen LogP contribution >= 0.6 is 0 Å². The largest absolute Gasteiger partial charge is 1.00 e. The van der Waals surface area contributed by atoms with Gasteiger partial charge in [-0.3, -0.25) is 0 Å². The Kier molecular flexibility index (Phi) is 6.18. The zero-order valence-electron chi connectivity index (χ0n) is 15.6. The van der Waals surface area contributed by atoms with E-state index in [1.807, 2.05) is 60.7 Å². The average molecular weight is 326 g/mol. The molecule has 26 heavy (non-hydrogen) atoms. The maximum Gasteiger partial charge on any atom is 1.00 e. The van der Waals surface area contributed by atoms with Gasteiger partial charge in [-0.15, -0.1) is 0 Å². The van der Waals surface area contributed by atoms with Crippen LogP contribution in [0.5, 0.6) is 11.5 Å². The van der Waals surface area contributed by atoms with Crippen LogP contribution in [0.1, 0.15) is 11.1 Å². The molecule has 0 unspecified atom stereocenters. The number of benzene rings is 4. The molecule has 0 heterocycles. The SMILES string of the molecule is Cc1cc2ccccc2c(-c2c([O-])c(C)cc3ccccc23)c1[O-].[Li+].[Li+]. The van der Waals surface area contributed by atoms with Crippen molar-refractivity contribution in [1.82, 2.24) is 0 Å². The first-order valence-corrected chi connectivity index (χ1v) is 7.97. The molecule has 0 amide bonds. The molecular weight excluding hydrogens is 310 g/mol. The van der Waals surface area contributed by atoms with Crippen molar-refractivity contribution in [1.29, 1.82) is 0 Å². The Labute approximate surface area is 177 Å². The minimum absolute atomic E-state index is 0. The van der Waals surface area contributed by atoms with Crippen molar-refractivity contribution < 1.29 is 47.9 Å². The topological polar surface area (TPSA) is 46.1 Å². The number of hydrogen-bond donors (Lipinski definition) is 0. The van der Waals surface area contributed by atoms with Crippen LogP contribution in [0.25, 0.3) is 32.7 Å². The van der Waals surface area contributed by atoms with E-state index in [9.17, 15) is 10.2 Å². The van der Waals surface area contributed by atoms with Crippen LogP contribution in [0, 0.1) is 13.8 Å². The summed E-state index contributed by atoms with van der Waals surface area (Å²) in [6.45, 7) is 3.61. The van der Waals surface area contributed by atoms with Gasteiger partial charge in [0.25, 0.3) is 0 Å². The van der Waals surface area contributed by atoms with E-state index in [2.05, 4.69) is 0 Å². The molecule has 0 fully saturated rings. The van der Waals surface area contributed by atoms with Gasteiger partial charge in [0.2, 0.25) is 0 Å². The molecule has 0 bridgehead atoms. The van der Waals surface area contributed by atoms with E-state index < -0.39 is 0 Å². The van der Waals surface area contributed by atoms with Gasteiger partial charge in [-0.1, -0.05) is 83.3 Å². The maximum absolute atomic E-state index is 13.0. The minimum Gasteiger partial charge on any atom is -0.872 e. The summed E-state index contributed by atoms with van der Waals surface area (Å²) in [5.41, 5.74) is 2.37. The summed E-state index contributed by atoms with van der Waals surface area (Å²) in [5, 5.41) is 29.5. The summed E-state index contributed by atoms with van der Waals surface area (Å²) < 4.78 is 0. The van der Waals surface area contributed by atoms with Crippen LogP contribution in [0.3, 0.4) is 0 Å². The molecule has 0 saturated carbocycles. The smallest absolute Gasteiger partial charge is 0.872 e. The molecule has 2 nitrogen and oxygen atoms in total. The van der Waals surface area contributed by atoms with Crippen LogP contribution < -0.4 is 47.9 Å². The van der Waals surface area contributed by atoms with E-state index in [0.29, 0.717) is 22.3 Å². The summed E-state index contributed by atoms with van der Waals surface area (Å²) >= 11 is 0. The Bertz CT molecular complexity index is 1010. The Morgan fingerprint density at radius 3 is 1.31 bits per heavy atom. The van der Waals surface area contributed by atoms with Crippen molar-refractivity contribution in [3.63, 3.8) is 0 Å². The van der Waals surface area contributed by atoms with Crippen LogP contribution in [-0.2, 0) is 0 Å². The van der Waals surface area contributed by atoms with Gasteiger partial charge in [0.1, 0.15) is 0 Å². The van der Waals surface area contributed by atoms with Crippen molar-refractivity contribution in [2.24, 2.45) is 0 Å². The number of fused-ring (bicyclic) bond motifs is 2. The molecule has 0 spiro atoms. The number of rotatable bonds is 1. The van der Waals surface area contributed by atoms with E-state index in [1.165, 1.54) is 0 Å². The van der Waals surface area contributed by atoms with Crippen LogP contribution in [0.2, 0.25) is 0 Å². The molecule has 118 valence electrons. The minimum atomic E-state index is -0.0680. The van der Waals surface area contributed by atoms with Gasteiger partial charge in [-0.25, -0.2) is 0 Å². The molecule has 0 aromatic heterocycles. The zero-order valence-corrected chi connectivity index (χ0v) is 15.6. The third kappa shape index (κ3) is 3.16. The summed E-state index contributed by atoms with van der Waals surface area (Å²) in [4.78, 5) is 0.